The number of ether oxygens (including phenoxy) is 1. The first-order valence-corrected chi connectivity index (χ1v) is 9.67. The minimum Gasteiger partial charge on any atom is -0.426 e. The topological polar surface area (TPSA) is 69.4 Å². The molecule has 5 heteroatoms. The summed E-state index contributed by atoms with van der Waals surface area (Å²) in [7, 11) is 0. The monoisotopic (exact) mass is 387 g/mol. The van der Waals surface area contributed by atoms with Crippen LogP contribution in [0.5, 0.6) is 5.75 Å². The lowest BCUT2D eigenvalue weighted by Gasteiger charge is -2.33. The van der Waals surface area contributed by atoms with Gasteiger partial charge in [0.2, 0.25) is 0 Å². The fraction of sp³-hybridized carbons (Fsp3) is 0.208. The highest BCUT2D eigenvalue weighted by Crippen LogP contribution is 2.46. The van der Waals surface area contributed by atoms with Gasteiger partial charge in [0.25, 0.3) is 5.69 Å². The van der Waals surface area contributed by atoms with Crippen molar-refractivity contribution in [1.82, 2.24) is 0 Å². The van der Waals surface area contributed by atoms with Crippen LogP contribution in [0.15, 0.2) is 84.9 Å². The van der Waals surface area contributed by atoms with Gasteiger partial charge in [0.05, 0.1) is 4.92 Å². The molecule has 5 nitrogen and oxygen atoms in total. The molecule has 1 fully saturated rings. The van der Waals surface area contributed by atoms with E-state index in [2.05, 4.69) is 0 Å². The molecule has 1 saturated carbocycles. The van der Waals surface area contributed by atoms with Gasteiger partial charge in [0.15, 0.2) is 0 Å². The van der Waals surface area contributed by atoms with Crippen LogP contribution in [0.1, 0.15) is 30.4 Å². The summed E-state index contributed by atoms with van der Waals surface area (Å²) in [5.41, 5.74) is 0.820. The largest absolute Gasteiger partial charge is 0.426 e. The van der Waals surface area contributed by atoms with Crippen LogP contribution in [-0.2, 0) is 10.2 Å². The summed E-state index contributed by atoms with van der Waals surface area (Å²) >= 11 is 0. The third kappa shape index (κ3) is 3.90. The normalized spacial score (nSPS) is 13.7. The zero-order chi connectivity index (χ0) is 20.3. The van der Waals surface area contributed by atoms with Gasteiger partial charge in [0.1, 0.15) is 11.2 Å². The van der Waals surface area contributed by atoms with E-state index < -0.39 is 10.3 Å². The van der Waals surface area contributed by atoms with Crippen molar-refractivity contribution in [3.8, 4) is 5.75 Å². The second-order valence-corrected chi connectivity index (χ2v) is 7.43. The predicted molar refractivity (Wildman–Crippen MR) is 110 cm³/mol. The Morgan fingerprint density at radius 3 is 1.86 bits per heavy atom. The van der Waals surface area contributed by atoms with E-state index in [9.17, 15) is 14.9 Å². The van der Waals surface area contributed by atoms with Crippen LogP contribution >= 0.6 is 0 Å². The van der Waals surface area contributed by atoms with E-state index in [1.54, 1.807) is 0 Å². The number of non-ortho nitro benzene ring substituents is 1. The van der Waals surface area contributed by atoms with Crippen molar-refractivity contribution in [2.45, 2.75) is 24.7 Å². The average molecular weight is 387 g/mol. The summed E-state index contributed by atoms with van der Waals surface area (Å²) in [5, 5.41) is 10.9. The van der Waals surface area contributed by atoms with E-state index in [1.807, 2.05) is 60.7 Å². The number of nitro benzene ring substituents is 1. The fourth-order valence-electron chi connectivity index (χ4n) is 3.75. The molecule has 0 unspecified atom stereocenters. The number of hydrogen-bond acceptors (Lipinski definition) is 4. The number of nitro groups is 1. The van der Waals surface area contributed by atoms with Crippen LogP contribution in [-0.4, -0.2) is 10.9 Å². The van der Waals surface area contributed by atoms with E-state index in [-0.39, 0.29) is 11.7 Å². The van der Waals surface area contributed by atoms with Crippen molar-refractivity contribution < 1.29 is 14.5 Å². The minimum absolute atomic E-state index is 0.0415. The van der Waals surface area contributed by atoms with Crippen molar-refractivity contribution in [2.75, 3.05) is 0 Å². The summed E-state index contributed by atoms with van der Waals surface area (Å²) in [4.78, 5) is 24.1. The SMILES string of the molecule is O=C(Oc1ccc([N+](=O)[O-])cc1)C(CC1CC1)(c1ccccc1)c1ccccc1. The van der Waals surface area contributed by atoms with Gasteiger partial charge in [-0.25, -0.2) is 0 Å². The smallest absolute Gasteiger partial charge is 0.326 e. The molecule has 1 aliphatic carbocycles. The zero-order valence-electron chi connectivity index (χ0n) is 15.9. The number of carbonyl (C=O) groups is 1. The van der Waals surface area contributed by atoms with Gasteiger partial charge in [-0.15, -0.1) is 0 Å². The van der Waals surface area contributed by atoms with Crippen molar-refractivity contribution in [3.05, 3.63) is 106 Å². The van der Waals surface area contributed by atoms with Crippen molar-refractivity contribution in [1.29, 1.82) is 0 Å². The molecule has 0 radical (unpaired) electrons. The van der Waals surface area contributed by atoms with Crippen LogP contribution < -0.4 is 4.74 Å². The van der Waals surface area contributed by atoms with E-state index >= 15 is 0 Å². The molecular formula is C24H21NO4. The Bertz CT molecular complexity index is 957. The maximum absolute atomic E-state index is 13.7. The predicted octanol–water partition coefficient (Wildman–Crippen LogP) is 5.29. The molecule has 0 amide bonds. The average Bonchev–Trinajstić information content (AvgIpc) is 3.57. The fourth-order valence-corrected chi connectivity index (χ4v) is 3.75. The second kappa shape index (κ2) is 7.87. The first-order valence-electron chi connectivity index (χ1n) is 9.67. The zero-order valence-corrected chi connectivity index (χ0v) is 15.9. The summed E-state index contributed by atoms with van der Waals surface area (Å²) in [6.45, 7) is 0. The van der Waals surface area contributed by atoms with Crippen molar-refractivity contribution in [3.63, 3.8) is 0 Å². The molecule has 0 heterocycles. The van der Waals surface area contributed by atoms with E-state index in [0.717, 1.165) is 24.0 Å². The molecule has 0 bridgehead atoms. The third-order valence-electron chi connectivity index (χ3n) is 5.43. The molecule has 0 saturated heterocycles. The highest BCUT2D eigenvalue weighted by atomic mass is 16.6. The molecule has 0 aliphatic heterocycles. The van der Waals surface area contributed by atoms with Crippen LogP contribution in [0.4, 0.5) is 5.69 Å². The Morgan fingerprint density at radius 2 is 1.41 bits per heavy atom. The first kappa shape index (κ1) is 18.9. The highest BCUT2D eigenvalue weighted by molar-refractivity contribution is 5.89. The first-order chi connectivity index (χ1) is 14.1. The van der Waals surface area contributed by atoms with Crippen LogP contribution in [0.25, 0.3) is 0 Å². The van der Waals surface area contributed by atoms with E-state index in [1.165, 1.54) is 24.3 Å². The van der Waals surface area contributed by atoms with Crippen molar-refractivity contribution in [2.24, 2.45) is 5.92 Å². The van der Waals surface area contributed by atoms with Crippen molar-refractivity contribution >= 4 is 11.7 Å². The van der Waals surface area contributed by atoms with Gasteiger partial charge in [-0.05, 0) is 35.6 Å². The van der Waals surface area contributed by atoms with Gasteiger partial charge < -0.3 is 4.74 Å². The molecule has 0 N–H and O–H groups in total. The molecule has 0 aromatic heterocycles. The maximum atomic E-state index is 13.7. The molecule has 3 aromatic carbocycles. The lowest BCUT2D eigenvalue weighted by molar-refractivity contribution is -0.384. The molecule has 3 aromatic rings. The molecule has 29 heavy (non-hydrogen) atoms. The van der Waals surface area contributed by atoms with E-state index in [4.69, 9.17) is 4.74 Å². The Balaban J connectivity index is 1.76. The van der Waals surface area contributed by atoms with Gasteiger partial charge >= 0.3 is 5.97 Å². The Morgan fingerprint density at radius 1 is 0.897 bits per heavy atom. The Labute approximate surface area is 169 Å². The number of hydrogen-bond donors (Lipinski definition) is 0. The standard InChI is InChI=1S/C24H21NO4/c26-23(29-22-15-13-21(14-16-22)25(27)28)24(17-18-11-12-18,19-7-3-1-4-8-19)20-9-5-2-6-10-20/h1-10,13-16,18H,11-12,17H2. The molecule has 0 atom stereocenters. The quantitative estimate of drug-likeness (QED) is 0.239. The summed E-state index contributed by atoms with van der Waals surface area (Å²) in [6.07, 6.45) is 2.88. The van der Waals surface area contributed by atoms with Gasteiger partial charge in [-0.2, -0.15) is 0 Å². The van der Waals surface area contributed by atoms with Crippen LogP contribution in [0, 0.1) is 16.0 Å². The van der Waals surface area contributed by atoms with Gasteiger partial charge in [-0.1, -0.05) is 73.5 Å². The summed E-state index contributed by atoms with van der Waals surface area (Å²) in [6, 6.07) is 25.1. The maximum Gasteiger partial charge on any atom is 0.326 e. The minimum atomic E-state index is -0.925. The number of carbonyl (C=O) groups excluding carboxylic acids is 1. The number of rotatable bonds is 7. The molecule has 4 rings (SSSR count). The van der Waals surface area contributed by atoms with Crippen LogP contribution in [0.2, 0.25) is 0 Å². The third-order valence-corrected chi connectivity index (χ3v) is 5.43. The number of nitrogens with zero attached hydrogens (tertiary/aromatic N) is 1. The van der Waals surface area contributed by atoms with Crippen LogP contribution in [0.3, 0.4) is 0 Å². The summed E-state index contributed by atoms with van der Waals surface area (Å²) in [5.74, 6) is 0.406. The molecule has 1 aliphatic rings. The lowest BCUT2D eigenvalue weighted by Crippen LogP contribution is -2.41. The lowest BCUT2D eigenvalue weighted by atomic mass is 9.70. The molecule has 146 valence electrons. The second-order valence-electron chi connectivity index (χ2n) is 7.43. The van der Waals surface area contributed by atoms with Gasteiger partial charge in [-0.3, -0.25) is 14.9 Å². The Kier molecular flexibility index (Phi) is 5.12. The highest BCUT2D eigenvalue weighted by Gasteiger charge is 2.47. The van der Waals surface area contributed by atoms with E-state index in [0.29, 0.717) is 18.1 Å². The summed E-state index contributed by atoms with van der Waals surface area (Å²) < 4.78 is 5.79. The number of benzene rings is 3. The van der Waals surface area contributed by atoms with Gasteiger partial charge in [0, 0.05) is 12.1 Å². The number of esters is 1. The molecular weight excluding hydrogens is 366 g/mol. The molecule has 0 spiro atoms. The Hall–Kier alpha value is -3.47.